The lowest BCUT2D eigenvalue weighted by atomic mass is 10.1. The highest BCUT2D eigenvalue weighted by molar-refractivity contribution is 6.30. The molecule has 23 heavy (non-hydrogen) atoms. The number of rotatable bonds is 5. The van der Waals surface area contributed by atoms with E-state index in [0.717, 1.165) is 16.9 Å². The third-order valence-corrected chi connectivity index (χ3v) is 3.82. The van der Waals surface area contributed by atoms with Crippen LogP contribution in [-0.4, -0.2) is 25.1 Å². The molecule has 0 radical (unpaired) electrons. The summed E-state index contributed by atoms with van der Waals surface area (Å²) in [7, 11) is 3.39. The molecule has 2 aromatic rings. The highest BCUT2D eigenvalue weighted by Crippen LogP contribution is 2.18. The Morgan fingerprint density at radius 3 is 2.70 bits per heavy atom. The molecule has 1 unspecified atom stereocenters. The van der Waals surface area contributed by atoms with Gasteiger partial charge in [-0.05, 0) is 42.3 Å². The number of hydrogen-bond donors (Lipinski definition) is 1. The van der Waals surface area contributed by atoms with Gasteiger partial charge in [0.05, 0.1) is 13.2 Å². The largest absolute Gasteiger partial charge is 0.497 e. The number of methoxy groups -OCH3 is 1. The Morgan fingerprint density at radius 1 is 1.26 bits per heavy atom. The van der Waals surface area contributed by atoms with Gasteiger partial charge in [-0.15, -0.1) is 0 Å². The van der Waals surface area contributed by atoms with Crippen LogP contribution in [0.4, 0.5) is 4.79 Å². The van der Waals surface area contributed by atoms with E-state index in [0.29, 0.717) is 11.6 Å². The average molecular weight is 333 g/mol. The first-order valence-electron chi connectivity index (χ1n) is 7.39. The van der Waals surface area contributed by atoms with Crippen molar-refractivity contribution in [2.45, 2.75) is 19.5 Å². The topological polar surface area (TPSA) is 41.6 Å². The first-order chi connectivity index (χ1) is 11.0. The Bertz CT molecular complexity index is 676. The van der Waals surface area contributed by atoms with Crippen LogP contribution in [0.1, 0.15) is 24.1 Å². The van der Waals surface area contributed by atoms with Gasteiger partial charge in [0.15, 0.2) is 0 Å². The fourth-order valence-corrected chi connectivity index (χ4v) is 2.47. The molecule has 0 saturated heterocycles. The van der Waals surface area contributed by atoms with Gasteiger partial charge in [-0.3, -0.25) is 0 Å². The Labute approximate surface area is 142 Å². The molecule has 2 rings (SSSR count). The number of halogens is 1. The van der Waals surface area contributed by atoms with Gasteiger partial charge in [0.2, 0.25) is 0 Å². The van der Waals surface area contributed by atoms with Gasteiger partial charge >= 0.3 is 6.03 Å². The number of benzene rings is 2. The Balaban J connectivity index is 1.96. The summed E-state index contributed by atoms with van der Waals surface area (Å²) in [5, 5.41) is 3.63. The molecule has 1 N–H and O–H groups in total. The van der Waals surface area contributed by atoms with Gasteiger partial charge in [0.1, 0.15) is 5.75 Å². The number of nitrogens with zero attached hydrogens (tertiary/aromatic N) is 1. The van der Waals surface area contributed by atoms with Crippen molar-refractivity contribution in [3.8, 4) is 5.75 Å². The molecule has 0 fully saturated rings. The monoisotopic (exact) mass is 332 g/mol. The van der Waals surface area contributed by atoms with Crippen LogP contribution in [0, 0.1) is 0 Å². The maximum atomic E-state index is 12.3. The van der Waals surface area contributed by atoms with Crippen molar-refractivity contribution in [1.29, 1.82) is 0 Å². The second-order valence-corrected chi connectivity index (χ2v) is 5.87. The molecule has 0 spiro atoms. The van der Waals surface area contributed by atoms with Crippen LogP contribution in [0.25, 0.3) is 0 Å². The highest BCUT2D eigenvalue weighted by atomic mass is 35.5. The highest BCUT2D eigenvalue weighted by Gasteiger charge is 2.14. The molecule has 0 aliphatic carbocycles. The molecule has 0 saturated carbocycles. The van der Waals surface area contributed by atoms with Crippen LogP contribution in [0.5, 0.6) is 5.75 Å². The number of ether oxygens (including phenoxy) is 1. The summed E-state index contributed by atoms with van der Waals surface area (Å²) in [6, 6.07) is 14.9. The zero-order chi connectivity index (χ0) is 16.8. The molecule has 2 aromatic carbocycles. The molecule has 0 aromatic heterocycles. The Kier molecular flexibility index (Phi) is 5.88. The smallest absolute Gasteiger partial charge is 0.317 e. The van der Waals surface area contributed by atoms with Crippen LogP contribution in [0.3, 0.4) is 0 Å². The van der Waals surface area contributed by atoms with Crippen molar-refractivity contribution in [3.05, 3.63) is 64.7 Å². The van der Waals surface area contributed by atoms with E-state index in [2.05, 4.69) is 5.32 Å². The minimum atomic E-state index is -0.139. The van der Waals surface area contributed by atoms with Crippen LogP contribution < -0.4 is 10.1 Å². The Hall–Kier alpha value is -2.20. The summed E-state index contributed by atoms with van der Waals surface area (Å²) in [5.74, 6) is 0.781. The van der Waals surface area contributed by atoms with E-state index in [1.165, 1.54) is 0 Å². The van der Waals surface area contributed by atoms with E-state index in [1.807, 2.05) is 55.5 Å². The summed E-state index contributed by atoms with van der Waals surface area (Å²) < 4.78 is 5.20. The lowest BCUT2D eigenvalue weighted by Gasteiger charge is -2.22. The van der Waals surface area contributed by atoms with Crippen LogP contribution >= 0.6 is 11.6 Å². The summed E-state index contributed by atoms with van der Waals surface area (Å²) in [6.07, 6.45) is 0. The summed E-state index contributed by atoms with van der Waals surface area (Å²) in [5.41, 5.74) is 1.98. The third kappa shape index (κ3) is 4.89. The Morgan fingerprint density at radius 2 is 2.00 bits per heavy atom. The maximum absolute atomic E-state index is 12.3. The number of carbonyl (C=O) groups is 1. The SMILES string of the molecule is COc1cccc(CN(C)C(=O)NC(C)c2cccc(Cl)c2)c1. The standard InChI is InChI=1S/C18H21ClN2O2/c1-13(15-7-5-8-16(19)11-15)20-18(22)21(2)12-14-6-4-9-17(10-14)23-3/h4-11,13H,12H2,1-3H3,(H,20,22). The number of nitrogens with one attached hydrogen (secondary N) is 1. The van der Waals surface area contributed by atoms with Crippen molar-refractivity contribution in [2.24, 2.45) is 0 Å². The summed E-state index contributed by atoms with van der Waals surface area (Å²) in [4.78, 5) is 14.0. The van der Waals surface area contributed by atoms with Gasteiger partial charge in [-0.2, -0.15) is 0 Å². The van der Waals surface area contributed by atoms with Crippen molar-refractivity contribution >= 4 is 17.6 Å². The van der Waals surface area contributed by atoms with Crippen LogP contribution in [0.2, 0.25) is 5.02 Å². The number of amides is 2. The first-order valence-corrected chi connectivity index (χ1v) is 7.77. The second kappa shape index (κ2) is 7.88. The van der Waals surface area contributed by atoms with E-state index in [4.69, 9.17) is 16.3 Å². The third-order valence-electron chi connectivity index (χ3n) is 3.59. The molecule has 2 amide bonds. The normalized spacial score (nSPS) is 11.7. The molecular weight excluding hydrogens is 312 g/mol. The minimum Gasteiger partial charge on any atom is -0.497 e. The maximum Gasteiger partial charge on any atom is 0.317 e. The fourth-order valence-electron chi connectivity index (χ4n) is 2.27. The zero-order valence-corrected chi connectivity index (χ0v) is 14.3. The van der Waals surface area contributed by atoms with Crippen LogP contribution in [0.15, 0.2) is 48.5 Å². The van der Waals surface area contributed by atoms with Crippen molar-refractivity contribution in [2.75, 3.05) is 14.2 Å². The zero-order valence-electron chi connectivity index (χ0n) is 13.5. The van der Waals surface area contributed by atoms with Crippen molar-refractivity contribution in [1.82, 2.24) is 10.2 Å². The average Bonchev–Trinajstić information content (AvgIpc) is 2.54. The van der Waals surface area contributed by atoms with Crippen molar-refractivity contribution in [3.63, 3.8) is 0 Å². The second-order valence-electron chi connectivity index (χ2n) is 5.43. The predicted molar refractivity (Wildman–Crippen MR) is 92.9 cm³/mol. The van der Waals surface area contributed by atoms with E-state index in [9.17, 15) is 4.79 Å². The number of hydrogen-bond acceptors (Lipinski definition) is 2. The molecule has 0 aliphatic heterocycles. The lowest BCUT2D eigenvalue weighted by molar-refractivity contribution is 0.203. The lowest BCUT2D eigenvalue weighted by Crippen LogP contribution is -2.38. The predicted octanol–water partition coefficient (Wildman–Crippen LogP) is 4.25. The van der Waals surface area contributed by atoms with E-state index in [1.54, 1.807) is 19.1 Å². The molecular formula is C18H21ClN2O2. The van der Waals surface area contributed by atoms with Crippen LogP contribution in [-0.2, 0) is 6.54 Å². The van der Waals surface area contributed by atoms with E-state index >= 15 is 0 Å². The molecule has 122 valence electrons. The number of carbonyl (C=O) groups excluding carboxylic acids is 1. The summed E-state index contributed by atoms with van der Waals surface area (Å²) in [6.45, 7) is 2.44. The van der Waals surface area contributed by atoms with Gasteiger partial charge in [-0.25, -0.2) is 4.79 Å². The van der Waals surface area contributed by atoms with E-state index in [-0.39, 0.29) is 12.1 Å². The summed E-state index contributed by atoms with van der Waals surface area (Å²) >= 11 is 5.99. The fraction of sp³-hybridized carbons (Fsp3) is 0.278. The first kappa shape index (κ1) is 17.2. The molecule has 0 bridgehead atoms. The van der Waals surface area contributed by atoms with Gasteiger partial charge in [0, 0.05) is 18.6 Å². The molecule has 1 atom stereocenters. The van der Waals surface area contributed by atoms with Gasteiger partial charge in [-0.1, -0.05) is 35.9 Å². The van der Waals surface area contributed by atoms with Gasteiger partial charge < -0.3 is 15.0 Å². The minimum absolute atomic E-state index is 0.117. The van der Waals surface area contributed by atoms with Gasteiger partial charge in [0.25, 0.3) is 0 Å². The quantitative estimate of drug-likeness (QED) is 0.889. The molecule has 4 nitrogen and oxygen atoms in total. The number of urea groups is 1. The molecule has 5 heteroatoms. The molecule has 0 aliphatic rings. The van der Waals surface area contributed by atoms with E-state index < -0.39 is 0 Å². The van der Waals surface area contributed by atoms with Crippen molar-refractivity contribution < 1.29 is 9.53 Å². The molecule has 0 heterocycles.